The van der Waals surface area contributed by atoms with Crippen molar-refractivity contribution in [3.8, 4) is 0 Å². The Hall–Kier alpha value is -0.340. The van der Waals surface area contributed by atoms with Crippen LogP contribution in [0, 0.1) is 6.92 Å². The lowest BCUT2D eigenvalue weighted by Gasteiger charge is -2.14. The zero-order valence-electron chi connectivity index (χ0n) is 7.68. The summed E-state index contributed by atoms with van der Waals surface area (Å²) >= 11 is 3.55. The van der Waals surface area contributed by atoms with Crippen LogP contribution in [-0.2, 0) is 5.41 Å². The summed E-state index contributed by atoms with van der Waals surface area (Å²) in [6.45, 7) is 2.35. The van der Waals surface area contributed by atoms with E-state index in [0.29, 0.717) is 0 Å². The van der Waals surface area contributed by atoms with Gasteiger partial charge in [0.1, 0.15) is 0 Å². The number of aliphatic hydroxyl groups is 1. The zero-order chi connectivity index (χ0) is 9.47. The van der Waals surface area contributed by atoms with Crippen LogP contribution in [0.1, 0.15) is 24.0 Å². The molecule has 1 nitrogen and oxygen atoms in total. The standard InChI is InChI=1S/C11H13BrO/c1-8-2-3-9(10(12)6-8)11(7-13)4-5-11/h2-3,6,13H,4-5,7H2,1H3. The highest BCUT2D eigenvalue weighted by Gasteiger charge is 2.44. The molecule has 1 aromatic rings. The van der Waals surface area contributed by atoms with E-state index in [1.807, 2.05) is 0 Å². The van der Waals surface area contributed by atoms with Crippen molar-refractivity contribution in [2.24, 2.45) is 0 Å². The van der Waals surface area contributed by atoms with E-state index in [9.17, 15) is 5.11 Å². The number of hydrogen-bond acceptors (Lipinski definition) is 1. The molecule has 1 aromatic carbocycles. The molecule has 1 aliphatic rings. The van der Waals surface area contributed by atoms with E-state index in [-0.39, 0.29) is 12.0 Å². The van der Waals surface area contributed by atoms with Crippen molar-refractivity contribution in [1.82, 2.24) is 0 Å². The zero-order valence-corrected chi connectivity index (χ0v) is 9.26. The Labute approximate surface area is 86.9 Å². The Kier molecular flexibility index (Phi) is 2.20. The van der Waals surface area contributed by atoms with Crippen molar-refractivity contribution in [2.75, 3.05) is 6.61 Å². The van der Waals surface area contributed by atoms with Crippen LogP contribution in [0.15, 0.2) is 22.7 Å². The monoisotopic (exact) mass is 240 g/mol. The lowest BCUT2D eigenvalue weighted by Crippen LogP contribution is -2.12. The largest absolute Gasteiger partial charge is 0.395 e. The number of benzene rings is 1. The van der Waals surface area contributed by atoms with Gasteiger partial charge in [0.15, 0.2) is 0 Å². The first-order valence-corrected chi connectivity index (χ1v) is 5.35. The van der Waals surface area contributed by atoms with Gasteiger partial charge in [0, 0.05) is 9.89 Å². The predicted octanol–water partition coefficient (Wildman–Crippen LogP) is 2.78. The lowest BCUT2D eigenvalue weighted by atomic mass is 9.96. The first-order chi connectivity index (χ1) is 6.18. The molecule has 2 heteroatoms. The quantitative estimate of drug-likeness (QED) is 0.844. The van der Waals surface area contributed by atoms with Crippen LogP contribution in [0.5, 0.6) is 0 Å². The van der Waals surface area contributed by atoms with Crippen LogP contribution in [0.4, 0.5) is 0 Å². The average Bonchev–Trinajstić information content (AvgIpc) is 2.85. The van der Waals surface area contributed by atoms with Crippen LogP contribution >= 0.6 is 15.9 Å². The molecule has 0 aliphatic heterocycles. The number of halogens is 1. The lowest BCUT2D eigenvalue weighted by molar-refractivity contribution is 0.254. The molecule has 1 N–H and O–H groups in total. The van der Waals surface area contributed by atoms with Gasteiger partial charge in [-0.25, -0.2) is 0 Å². The topological polar surface area (TPSA) is 20.2 Å². The predicted molar refractivity (Wildman–Crippen MR) is 56.9 cm³/mol. The second kappa shape index (κ2) is 3.10. The van der Waals surface area contributed by atoms with Crippen LogP contribution < -0.4 is 0 Å². The molecule has 0 saturated heterocycles. The third-order valence-electron chi connectivity index (χ3n) is 2.85. The molecule has 0 bridgehead atoms. The van der Waals surface area contributed by atoms with Crippen molar-refractivity contribution in [2.45, 2.75) is 25.2 Å². The SMILES string of the molecule is Cc1ccc(C2(CO)CC2)c(Br)c1. The van der Waals surface area contributed by atoms with Crippen LogP contribution in [-0.4, -0.2) is 11.7 Å². The smallest absolute Gasteiger partial charge is 0.0528 e. The highest BCUT2D eigenvalue weighted by atomic mass is 79.9. The minimum absolute atomic E-state index is 0.0759. The first-order valence-electron chi connectivity index (χ1n) is 4.55. The van der Waals surface area contributed by atoms with E-state index in [1.165, 1.54) is 11.1 Å². The van der Waals surface area contributed by atoms with E-state index in [2.05, 4.69) is 41.1 Å². The summed E-state index contributed by atoms with van der Waals surface area (Å²) in [6.07, 6.45) is 2.23. The first kappa shape index (κ1) is 9.22. The van der Waals surface area contributed by atoms with Gasteiger partial charge in [-0.2, -0.15) is 0 Å². The molecule has 0 radical (unpaired) electrons. The Balaban J connectivity index is 2.41. The Morgan fingerprint density at radius 1 is 1.46 bits per heavy atom. The van der Waals surface area contributed by atoms with Crippen molar-refractivity contribution >= 4 is 15.9 Å². The Morgan fingerprint density at radius 2 is 2.15 bits per heavy atom. The normalized spacial score (nSPS) is 18.7. The molecule has 0 unspecified atom stereocenters. The van der Waals surface area contributed by atoms with Gasteiger partial charge in [0.05, 0.1) is 6.61 Å². The number of aryl methyl sites for hydroxylation is 1. The maximum absolute atomic E-state index is 9.28. The third kappa shape index (κ3) is 1.53. The molecule has 0 aromatic heterocycles. The van der Waals surface area contributed by atoms with Crippen LogP contribution in [0.3, 0.4) is 0 Å². The Bertz CT molecular complexity index is 329. The summed E-state index contributed by atoms with van der Waals surface area (Å²) in [6, 6.07) is 6.35. The van der Waals surface area contributed by atoms with Gasteiger partial charge in [-0.15, -0.1) is 0 Å². The van der Waals surface area contributed by atoms with Crippen molar-refractivity contribution < 1.29 is 5.11 Å². The summed E-state index contributed by atoms with van der Waals surface area (Å²) in [7, 11) is 0. The molecule has 1 aliphatic carbocycles. The molecule has 13 heavy (non-hydrogen) atoms. The fourth-order valence-electron chi connectivity index (χ4n) is 1.71. The molecule has 70 valence electrons. The van der Waals surface area contributed by atoms with Gasteiger partial charge >= 0.3 is 0 Å². The number of rotatable bonds is 2. The molecule has 0 amide bonds. The highest BCUT2D eigenvalue weighted by molar-refractivity contribution is 9.10. The summed E-state index contributed by atoms with van der Waals surface area (Å²) < 4.78 is 1.14. The molecule has 1 saturated carbocycles. The molecular weight excluding hydrogens is 228 g/mol. The highest BCUT2D eigenvalue weighted by Crippen LogP contribution is 2.50. The van der Waals surface area contributed by atoms with Crippen molar-refractivity contribution in [1.29, 1.82) is 0 Å². The molecule has 2 rings (SSSR count). The van der Waals surface area contributed by atoms with Crippen LogP contribution in [0.25, 0.3) is 0 Å². The molecular formula is C11H13BrO. The van der Waals surface area contributed by atoms with Crippen molar-refractivity contribution in [3.05, 3.63) is 33.8 Å². The number of hydrogen-bond donors (Lipinski definition) is 1. The summed E-state index contributed by atoms with van der Waals surface area (Å²) in [5.74, 6) is 0. The van der Waals surface area contributed by atoms with Gasteiger partial charge in [-0.05, 0) is 37.0 Å². The summed E-state index contributed by atoms with van der Waals surface area (Å²) in [5, 5.41) is 9.28. The minimum atomic E-state index is 0.0759. The van der Waals surface area contributed by atoms with E-state index in [4.69, 9.17) is 0 Å². The van der Waals surface area contributed by atoms with E-state index >= 15 is 0 Å². The molecule has 1 fully saturated rings. The molecule has 0 heterocycles. The van der Waals surface area contributed by atoms with E-state index < -0.39 is 0 Å². The van der Waals surface area contributed by atoms with E-state index in [1.54, 1.807) is 0 Å². The fraction of sp³-hybridized carbons (Fsp3) is 0.455. The summed E-state index contributed by atoms with van der Waals surface area (Å²) in [5.41, 5.74) is 2.59. The number of aliphatic hydroxyl groups excluding tert-OH is 1. The van der Waals surface area contributed by atoms with Gasteiger partial charge in [-0.3, -0.25) is 0 Å². The average molecular weight is 241 g/mol. The van der Waals surface area contributed by atoms with Crippen molar-refractivity contribution in [3.63, 3.8) is 0 Å². The van der Waals surface area contributed by atoms with E-state index in [0.717, 1.165) is 17.3 Å². The van der Waals surface area contributed by atoms with Gasteiger partial charge in [-0.1, -0.05) is 28.1 Å². The maximum Gasteiger partial charge on any atom is 0.0528 e. The third-order valence-corrected chi connectivity index (χ3v) is 3.51. The maximum atomic E-state index is 9.28. The minimum Gasteiger partial charge on any atom is -0.395 e. The second-order valence-corrected chi connectivity index (χ2v) is 4.78. The molecule has 0 atom stereocenters. The Morgan fingerprint density at radius 3 is 2.62 bits per heavy atom. The fourth-order valence-corrected chi connectivity index (χ4v) is 2.63. The molecule has 0 spiro atoms. The van der Waals surface area contributed by atoms with Gasteiger partial charge in [0.25, 0.3) is 0 Å². The van der Waals surface area contributed by atoms with Gasteiger partial charge in [0.2, 0.25) is 0 Å². The summed E-state index contributed by atoms with van der Waals surface area (Å²) in [4.78, 5) is 0. The van der Waals surface area contributed by atoms with Gasteiger partial charge < -0.3 is 5.11 Å². The second-order valence-electron chi connectivity index (χ2n) is 3.92. The van der Waals surface area contributed by atoms with Crippen LogP contribution in [0.2, 0.25) is 0 Å².